The first-order chi connectivity index (χ1) is 6.64. The van der Waals surface area contributed by atoms with Gasteiger partial charge < -0.3 is 14.9 Å². The number of rotatable bonds is 5. The van der Waals surface area contributed by atoms with Crippen LogP contribution in [0.3, 0.4) is 0 Å². The molecule has 0 amide bonds. The van der Waals surface area contributed by atoms with E-state index in [1.54, 1.807) is 24.3 Å². The molecular formula is C11H16O3. The third-order valence-corrected chi connectivity index (χ3v) is 1.88. The van der Waals surface area contributed by atoms with Crippen LogP contribution in [0.1, 0.15) is 26.2 Å². The van der Waals surface area contributed by atoms with E-state index in [4.69, 9.17) is 4.74 Å². The van der Waals surface area contributed by atoms with Gasteiger partial charge in [-0.2, -0.15) is 0 Å². The van der Waals surface area contributed by atoms with Crippen molar-refractivity contribution in [3.63, 3.8) is 0 Å². The first kappa shape index (κ1) is 11.0. The Balaban J connectivity index is 2.50. The quantitative estimate of drug-likeness (QED) is 0.707. The van der Waals surface area contributed by atoms with Gasteiger partial charge in [0.25, 0.3) is 0 Å². The number of unbranched alkanes of at least 4 members (excludes halogenated alkanes) is 1. The largest absolute Gasteiger partial charge is 0.439 e. The fraction of sp³-hybridized carbons (Fsp3) is 0.455. The lowest BCUT2D eigenvalue weighted by Crippen LogP contribution is -2.35. The Hall–Kier alpha value is -1.06. The van der Waals surface area contributed by atoms with Crippen molar-refractivity contribution >= 4 is 0 Å². The molecule has 1 aromatic rings. The number of benzene rings is 1. The van der Waals surface area contributed by atoms with Crippen LogP contribution in [0.2, 0.25) is 0 Å². The van der Waals surface area contributed by atoms with Crippen LogP contribution in [-0.2, 0) is 0 Å². The van der Waals surface area contributed by atoms with E-state index in [0.717, 1.165) is 12.8 Å². The van der Waals surface area contributed by atoms with Crippen LogP contribution in [0.15, 0.2) is 30.3 Å². The second-order valence-electron chi connectivity index (χ2n) is 3.26. The van der Waals surface area contributed by atoms with Crippen LogP contribution in [0.25, 0.3) is 0 Å². The molecule has 0 radical (unpaired) electrons. The number of aliphatic hydroxyl groups is 2. The van der Waals surface area contributed by atoms with Crippen LogP contribution in [0.5, 0.6) is 5.75 Å². The normalized spacial score (nSPS) is 11.4. The van der Waals surface area contributed by atoms with Gasteiger partial charge in [-0.1, -0.05) is 31.5 Å². The molecule has 0 fully saturated rings. The lowest BCUT2D eigenvalue weighted by Gasteiger charge is -2.22. The minimum absolute atomic E-state index is 0.221. The Labute approximate surface area is 84.0 Å². The van der Waals surface area contributed by atoms with Gasteiger partial charge in [0.1, 0.15) is 5.75 Å². The van der Waals surface area contributed by atoms with Crippen molar-refractivity contribution in [2.24, 2.45) is 0 Å². The number of ether oxygens (including phenoxy) is 1. The molecule has 0 heterocycles. The third kappa shape index (κ3) is 3.77. The Bertz CT molecular complexity index is 256. The summed E-state index contributed by atoms with van der Waals surface area (Å²) in [6.07, 6.45) is 1.85. The summed E-state index contributed by atoms with van der Waals surface area (Å²) in [4.78, 5) is 0. The fourth-order valence-corrected chi connectivity index (χ4v) is 1.14. The SMILES string of the molecule is CCCCC(O)(O)Oc1ccccc1. The van der Waals surface area contributed by atoms with Gasteiger partial charge >= 0.3 is 5.97 Å². The molecule has 0 atom stereocenters. The lowest BCUT2D eigenvalue weighted by molar-refractivity contribution is -0.295. The van der Waals surface area contributed by atoms with E-state index in [1.165, 1.54) is 0 Å². The molecule has 2 N–H and O–H groups in total. The van der Waals surface area contributed by atoms with Crippen LogP contribution >= 0.6 is 0 Å². The smallest absolute Gasteiger partial charge is 0.321 e. The first-order valence-corrected chi connectivity index (χ1v) is 4.83. The van der Waals surface area contributed by atoms with Gasteiger partial charge in [-0.25, -0.2) is 0 Å². The summed E-state index contributed by atoms with van der Waals surface area (Å²) in [5.74, 6) is -1.58. The standard InChI is InChI=1S/C11H16O3/c1-2-3-9-11(12,13)14-10-7-5-4-6-8-10/h4-8,12-13H,2-3,9H2,1H3. The van der Waals surface area contributed by atoms with Crippen molar-refractivity contribution in [2.75, 3.05) is 0 Å². The lowest BCUT2D eigenvalue weighted by atomic mass is 10.2. The molecule has 0 aromatic heterocycles. The summed E-state index contributed by atoms with van der Waals surface area (Å²) in [5.41, 5.74) is 0. The molecule has 78 valence electrons. The molecule has 0 aliphatic rings. The van der Waals surface area contributed by atoms with E-state index in [9.17, 15) is 10.2 Å². The van der Waals surface area contributed by atoms with Gasteiger partial charge in [-0.3, -0.25) is 0 Å². The summed E-state index contributed by atoms with van der Waals surface area (Å²) in [5, 5.41) is 18.9. The third-order valence-electron chi connectivity index (χ3n) is 1.88. The molecule has 1 aromatic carbocycles. The fourth-order valence-electron chi connectivity index (χ4n) is 1.14. The van der Waals surface area contributed by atoms with Crippen molar-refractivity contribution in [3.8, 4) is 5.75 Å². The van der Waals surface area contributed by atoms with E-state index < -0.39 is 5.97 Å². The Morgan fingerprint density at radius 3 is 2.43 bits per heavy atom. The average Bonchev–Trinajstić information content (AvgIpc) is 2.16. The van der Waals surface area contributed by atoms with Crippen molar-refractivity contribution in [1.29, 1.82) is 0 Å². The van der Waals surface area contributed by atoms with Gasteiger partial charge in [0, 0.05) is 6.42 Å². The molecule has 0 unspecified atom stereocenters. The number of para-hydroxylation sites is 1. The van der Waals surface area contributed by atoms with Gasteiger partial charge in [0.05, 0.1) is 0 Å². The second-order valence-corrected chi connectivity index (χ2v) is 3.26. The monoisotopic (exact) mass is 196 g/mol. The maximum Gasteiger partial charge on any atom is 0.321 e. The maximum atomic E-state index is 9.43. The van der Waals surface area contributed by atoms with Crippen LogP contribution < -0.4 is 4.74 Å². The molecule has 0 bridgehead atoms. The number of hydrogen-bond donors (Lipinski definition) is 2. The molecule has 0 saturated carbocycles. The highest BCUT2D eigenvalue weighted by molar-refractivity contribution is 5.21. The van der Waals surface area contributed by atoms with Gasteiger partial charge in [-0.15, -0.1) is 0 Å². The Morgan fingerprint density at radius 2 is 1.86 bits per heavy atom. The van der Waals surface area contributed by atoms with E-state index in [-0.39, 0.29) is 6.42 Å². The topological polar surface area (TPSA) is 49.7 Å². The molecule has 3 heteroatoms. The summed E-state index contributed by atoms with van der Waals surface area (Å²) in [6, 6.07) is 8.78. The minimum atomic E-state index is -2.04. The molecule has 0 aliphatic carbocycles. The van der Waals surface area contributed by atoms with Crippen LogP contribution in [0, 0.1) is 0 Å². The highest BCUT2D eigenvalue weighted by Crippen LogP contribution is 2.18. The highest BCUT2D eigenvalue weighted by Gasteiger charge is 2.24. The Kier molecular flexibility index (Phi) is 3.92. The molecule has 3 nitrogen and oxygen atoms in total. The minimum Gasteiger partial charge on any atom is -0.439 e. The first-order valence-electron chi connectivity index (χ1n) is 4.83. The summed E-state index contributed by atoms with van der Waals surface area (Å²) in [7, 11) is 0. The average molecular weight is 196 g/mol. The van der Waals surface area contributed by atoms with Gasteiger partial charge in [0.15, 0.2) is 0 Å². The van der Waals surface area contributed by atoms with Crippen molar-refractivity contribution in [2.45, 2.75) is 32.2 Å². The molecule has 0 spiro atoms. The van der Waals surface area contributed by atoms with E-state index in [1.807, 2.05) is 13.0 Å². The van der Waals surface area contributed by atoms with Crippen LogP contribution in [-0.4, -0.2) is 16.2 Å². The van der Waals surface area contributed by atoms with Crippen molar-refractivity contribution in [3.05, 3.63) is 30.3 Å². The summed E-state index contributed by atoms with van der Waals surface area (Å²) < 4.78 is 5.02. The number of hydrogen-bond acceptors (Lipinski definition) is 3. The summed E-state index contributed by atoms with van der Waals surface area (Å²) in [6.45, 7) is 1.98. The molecule has 1 rings (SSSR count). The van der Waals surface area contributed by atoms with E-state index in [2.05, 4.69) is 0 Å². The molecular weight excluding hydrogens is 180 g/mol. The van der Waals surface area contributed by atoms with E-state index >= 15 is 0 Å². The zero-order valence-corrected chi connectivity index (χ0v) is 8.31. The predicted molar refractivity (Wildman–Crippen MR) is 53.8 cm³/mol. The second kappa shape index (κ2) is 4.98. The molecule has 0 saturated heterocycles. The van der Waals surface area contributed by atoms with Crippen molar-refractivity contribution < 1.29 is 14.9 Å². The van der Waals surface area contributed by atoms with E-state index in [0.29, 0.717) is 5.75 Å². The highest BCUT2D eigenvalue weighted by atomic mass is 16.8. The van der Waals surface area contributed by atoms with Gasteiger partial charge in [-0.05, 0) is 18.6 Å². The molecule has 14 heavy (non-hydrogen) atoms. The Morgan fingerprint density at radius 1 is 1.21 bits per heavy atom. The zero-order chi connectivity index (χ0) is 10.4. The molecule has 0 aliphatic heterocycles. The van der Waals surface area contributed by atoms with Crippen molar-refractivity contribution in [1.82, 2.24) is 0 Å². The van der Waals surface area contributed by atoms with Gasteiger partial charge in [0.2, 0.25) is 0 Å². The maximum absolute atomic E-state index is 9.43. The predicted octanol–water partition coefficient (Wildman–Crippen LogP) is 1.89. The zero-order valence-electron chi connectivity index (χ0n) is 8.31. The summed E-state index contributed by atoms with van der Waals surface area (Å²) >= 11 is 0. The van der Waals surface area contributed by atoms with Crippen LogP contribution in [0.4, 0.5) is 0 Å².